The van der Waals surface area contributed by atoms with Crippen molar-refractivity contribution in [3.8, 4) is 10.6 Å². The Kier molecular flexibility index (Phi) is 5.65. The lowest BCUT2D eigenvalue weighted by atomic mass is 10.2. The summed E-state index contributed by atoms with van der Waals surface area (Å²) in [7, 11) is 0. The molecule has 3 heterocycles. The third-order valence-corrected chi connectivity index (χ3v) is 4.85. The van der Waals surface area contributed by atoms with Gasteiger partial charge in [0.25, 0.3) is 0 Å². The van der Waals surface area contributed by atoms with E-state index in [0.717, 1.165) is 35.9 Å². The van der Waals surface area contributed by atoms with Crippen LogP contribution >= 0.6 is 11.3 Å². The summed E-state index contributed by atoms with van der Waals surface area (Å²) < 4.78 is 10.8. The lowest BCUT2D eigenvalue weighted by Gasteiger charge is -2.35. The van der Waals surface area contributed by atoms with Crippen molar-refractivity contribution < 1.29 is 13.9 Å². The Morgan fingerprint density at radius 2 is 2.21 bits per heavy atom. The second-order valence-corrected chi connectivity index (χ2v) is 7.06. The summed E-state index contributed by atoms with van der Waals surface area (Å²) in [5, 5.41) is 5.78. The molecule has 2 aromatic rings. The highest BCUT2D eigenvalue weighted by Crippen LogP contribution is 2.24. The van der Waals surface area contributed by atoms with Gasteiger partial charge in [-0.05, 0) is 19.9 Å². The Morgan fingerprint density at radius 3 is 2.92 bits per heavy atom. The van der Waals surface area contributed by atoms with E-state index in [1.807, 2.05) is 11.4 Å². The van der Waals surface area contributed by atoms with Crippen molar-refractivity contribution in [2.45, 2.75) is 32.5 Å². The largest absolute Gasteiger partial charge is 0.472 e. The van der Waals surface area contributed by atoms with Gasteiger partial charge >= 0.3 is 0 Å². The minimum atomic E-state index is 0.00778. The smallest absolute Gasteiger partial charge is 0.226 e. The van der Waals surface area contributed by atoms with Gasteiger partial charge in [0.2, 0.25) is 5.91 Å². The van der Waals surface area contributed by atoms with Crippen LogP contribution in [0.3, 0.4) is 0 Å². The second-order valence-electron chi connectivity index (χ2n) is 6.20. The lowest BCUT2D eigenvalue weighted by Crippen LogP contribution is -2.48. The van der Waals surface area contributed by atoms with Crippen LogP contribution in [0.25, 0.3) is 10.6 Å². The van der Waals surface area contributed by atoms with Gasteiger partial charge in [-0.3, -0.25) is 9.69 Å². The Labute approximate surface area is 145 Å². The number of hydrogen-bond donors (Lipinski definition) is 1. The standard InChI is InChI=1S/C17H23N3O3S/c1-12-8-20(9-13(2)23-12)5-4-18-16(21)7-15-11-24-17(19-15)14-3-6-22-10-14/h3,6,10-13H,4-5,7-9H2,1-2H3,(H,18,21)/t12-,13+. The first-order valence-corrected chi connectivity index (χ1v) is 9.09. The molecule has 130 valence electrons. The van der Waals surface area contributed by atoms with Crippen LogP contribution in [0.5, 0.6) is 0 Å². The molecule has 3 rings (SSSR count). The van der Waals surface area contributed by atoms with E-state index in [4.69, 9.17) is 9.15 Å². The van der Waals surface area contributed by atoms with Crippen molar-refractivity contribution in [1.29, 1.82) is 0 Å². The van der Waals surface area contributed by atoms with Crippen LogP contribution in [0, 0.1) is 0 Å². The predicted molar refractivity (Wildman–Crippen MR) is 93.0 cm³/mol. The number of furan rings is 1. The van der Waals surface area contributed by atoms with Gasteiger partial charge in [-0.1, -0.05) is 0 Å². The number of nitrogens with zero attached hydrogens (tertiary/aromatic N) is 2. The molecule has 0 aliphatic carbocycles. The summed E-state index contributed by atoms with van der Waals surface area (Å²) in [6, 6.07) is 1.87. The van der Waals surface area contributed by atoms with Crippen LogP contribution in [0.15, 0.2) is 28.4 Å². The van der Waals surface area contributed by atoms with Gasteiger partial charge in [0, 0.05) is 37.1 Å². The Bertz CT molecular complexity index is 646. The van der Waals surface area contributed by atoms with Crippen LogP contribution in [-0.2, 0) is 16.0 Å². The van der Waals surface area contributed by atoms with E-state index in [1.165, 1.54) is 11.3 Å². The van der Waals surface area contributed by atoms with Crippen LogP contribution in [0.2, 0.25) is 0 Å². The van der Waals surface area contributed by atoms with Crippen molar-refractivity contribution in [3.05, 3.63) is 29.7 Å². The zero-order valence-electron chi connectivity index (χ0n) is 14.0. The molecule has 1 N–H and O–H groups in total. The molecule has 6 nitrogen and oxygen atoms in total. The van der Waals surface area contributed by atoms with Crippen molar-refractivity contribution >= 4 is 17.2 Å². The maximum Gasteiger partial charge on any atom is 0.226 e. The second kappa shape index (κ2) is 7.92. The fourth-order valence-corrected chi connectivity index (χ4v) is 3.76. The number of rotatable bonds is 6. The average Bonchev–Trinajstić information content (AvgIpc) is 3.16. The quantitative estimate of drug-likeness (QED) is 0.866. The molecule has 0 radical (unpaired) electrons. The van der Waals surface area contributed by atoms with Crippen molar-refractivity contribution in [2.75, 3.05) is 26.2 Å². The normalized spacial score (nSPS) is 21.8. The molecule has 2 aromatic heterocycles. The number of nitrogens with one attached hydrogen (secondary N) is 1. The summed E-state index contributed by atoms with van der Waals surface area (Å²) >= 11 is 1.52. The number of hydrogen-bond acceptors (Lipinski definition) is 6. The SMILES string of the molecule is C[C@@H]1CN(CCNC(=O)Cc2csc(-c3ccoc3)n2)C[C@H](C)O1. The van der Waals surface area contributed by atoms with E-state index in [-0.39, 0.29) is 18.1 Å². The molecule has 0 saturated carbocycles. The summed E-state index contributed by atoms with van der Waals surface area (Å²) in [5.41, 5.74) is 1.74. The molecule has 1 amide bonds. The Balaban J connectivity index is 1.41. The van der Waals surface area contributed by atoms with E-state index >= 15 is 0 Å². The molecule has 1 saturated heterocycles. The molecular weight excluding hydrogens is 326 g/mol. The monoisotopic (exact) mass is 349 g/mol. The fraction of sp³-hybridized carbons (Fsp3) is 0.529. The maximum atomic E-state index is 12.1. The van der Waals surface area contributed by atoms with Gasteiger partial charge in [0.15, 0.2) is 0 Å². The third-order valence-electron chi connectivity index (χ3n) is 3.91. The molecule has 24 heavy (non-hydrogen) atoms. The number of morpholine rings is 1. The third kappa shape index (κ3) is 4.66. The van der Waals surface area contributed by atoms with Gasteiger partial charge in [-0.15, -0.1) is 11.3 Å². The van der Waals surface area contributed by atoms with E-state index < -0.39 is 0 Å². The molecule has 0 unspecified atom stereocenters. The lowest BCUT2D eigenvalue weighted by molar-refractivity contribution is -0.120. The molecule has 1 aliphatic rings. The van der Waals surface area contributed by atoms with Crippen molar-refractivity contribution in [2.24, 2.45) is 0 Å². The average molecular weight is 349 g/mol. The molecular formula is C17H23N3O3S. The van der Waals surface area contributed by atoms with Crippen molar-refractivity contribution in [1.82, 2.24) is 15.2 Å². The van der Waals surface area contributed by atoms with Crippen LogP contribution < -0.4 is 5.32 Å². The Morgan fingerprint density at radius 1 is 1.42 bits per heavy atom. The van der Waals surface area contributed by atoms with Gasteiger partial charge in [0.05, 0.1) is 30.6 Å². The molecule has 0 aromatic carbocycles. The Hall–Kier alpha value is -1.70. The summed E-state index contributed by atoms with van der Waals surface area (Å²) in [4.78, 5) is 18.9. The molecule has 0 spiro atoms. The van der Waals surface area contributed by atoms with Crippen molar-refractivity contribution in [3.63, 3.8) is 0 Å². The summed E-state index contributed by atoms with van der Waals surface area (Å²) in [6.45, 7) is 7.50. The summed E-state index contributed by atoms with van der Waals surface area (Å²) in [6.07, 6.45) is 4.09. The zero-order chi connectivity index (χ0) is 16.9. The molecule has 2 atom stereocenters. The first-order valence-electron chi connectivity index (χ1n) is 8.21. The summed E-state index contributed by atoms with van der Waals surface area (Å²) in [5.74, 6) is 0.00778. The van der Waals surface area contributed by atoms with E-state index in [1.54, 1.807) is 12.5 Å². The predicted octanol–water partition coefficient (Wildman–Crippen LogP) is 2.17. The molecule has 1 aliphatic heterocycles. The maximum absolute atomic E-state index is 12.1. The highest BCUT2D eigenvalue weighted by molar-refractivity contribution is 7.13. The minimum Gasteiger partial charge on any atom is -0.472 e. The van der Waals surface area contributed by atoms with Gasteiger partial charge in [0.1, 0.15) is 11.3 Å². The first-order chi connectivity index (χ1) is 11.6. The number of ether oxygens (including phenoxy) is 1. The van der Waals surface area contributed by atoms with Crippen LogP contribution in [-0.4, -0.2) is 54.2 Å². The van der Waals surface area contributed by atoms with E-state index in [0.29, 0.717) is 13.0 Å². The molecule has 7 heteroatoms. The van der Waals surface area contributed by atoms with Crippen LogP contribution in [0.1, 0.15) is 19.5 Å². The zero-order valence-corrected chi connectivity index (χ0v) is 14.8. The topological polar surface area (TPSA) is 67.6 Å². The number of thiazole rings is 1. The molecule has 0 bridgehead atoms. The number of amides is 1. The molecule has 1 fully saturated rings. The van der Waals surface area contributed by atoms with E-state index in [9.17, 15) is 4.79 Å². The fourth-order valence-electron chi connectivity index (χ4n) is 2.95. The van der Waals surface area contributed by atoms with Crippen LogP contribution in [0.4, 0.5) is 0 Å². The highest BCUT2D eigenvalue weighted by Gasteiger charge is 2.21. The van der Waals surface area contributed by atoms with Gasteiger partial charge in [-0.25, -0.2) is 4.98 Å². The first kappa shape index (κ1) is 17.1. The number of carbonyl (C=O) groups is 1. The highest BCUT2D eigenvalue weighted by atomic mass is 32.1. The van der Waals surface area contributed by atoms with Gasteiger partial charge < -0.3 is 14.5 Å². The van der Waals surface area contributed by atoms with Gasteiger partial charge in [-0.2, -0.15) is 0 Å². The minimum absolute atomic E-state index is 0.00778. The number of aromatic nitrogens is 1. The number of carbonyl (C=O) groups excluding carboxylic acids is 1. The van der Waals surface area contributed by atoms with E-state index in [2.05, 4.69) is 29.0 Å².